The Labute approximate surface area is 230 Å². The molecule has 0 N–H and O–H groups in total. The van der Waals surface area contributed by atoms with Crippen LogP contribution < -0.4 is 9.47 Å². The minimum atomic E-state index is -0.787. The fraction of sp³-hybridized carbons (Fsp3) is 0.452. The zero-order chi connectivity index (χ0) is 28.7. The number of hydrogen-bond donors (Lipinski definition) is 0. The molecule has 8 nitrogen and oxygen atoms in total. The average Bonchev–Trinajstić information content (AvgIpc) is 2.90. The van der Waals surface area contributed by atoms with Crippen molar-refractivity contribution in [3.8, 4) is 11.5 Å². The average molecular weight is 539 g/mol. The van der Waals surface area contributed by atoms with E-state index >= 15 is 0 Å². The number of carbonyl (C=O) groups excluding carboxylic acids is 3. The molecule has 5 atom stereocenters. The number of ether oxygens (including phenoxy) is 5. The smallest absolute Gasteiger partial charge is 0.338 e. The molecule has 0 radical (unpaired) electrons. The van der Waals surface area contributed by atoms with Crippen LogP contribution >= 0.6 is 0 Å². The zero-order valence-electron chi connectivity index (χ0n) is 23.5. The Balaban J connectivity index is 1.66. The van der Waals surface area contributed by atoms with Crippen LogP contribution in [0.25, 0.3) is 0 Å². The van der Waals surface area contributed by atoms with E-state index in [1.165, 1.54) is 6.08 Å². The number of aldehydes is 1. The van der Waals surface area contributed by atoms with Crippen molar-refractivity contribution in [2.24, 2.45) is 17.8 Å². The van der Waals surface area contributed by atoms with Gasteiger partial charge in [-0.05, 0) is 68.5 Å². The Bertz CT molecular complexity index is 1160. The van der Waals surface area contributed by atoms with Gasteiger partial charge in [-0.25, -0.2) is 9.59 Å². The van der Waals surface area contributed by atoms with Gasteiger partial charge in [0.1, 0.15) is 30.3 Å². The summed E-state index contributed by atoms with van der Waals surface area (Å²) in [4.78, 5) is 36.6. The maximum absolute atomic E-state index is 12.5. The summed E-state index contributed by atoms with van der Waals surface area (Å²) in [6.45, 7) is 15.3. The molecule has 0 saturated carbocycles. The van der Waals surface area contributed by atoms with Gasteiger partial charge < -0.3 is 23.7 Å². The summed E-state index contributed by atoms with van der Waals surface area (Å²) in [5, 5.41) is 0. The van der Waals surface area contributed by atoms with Crippen LogP contribution in [0, 0.1) is 17.8 Å². The number of benzene rings is 2. The molecule has 210 valence electrons. The molecular formula is C31H38O8. The number of hydrogen-bond acceptors (Lipinski definition) is 8. The first-order valence-electron chi connectivity index (χ1n) is 13.1. The zero-order valence-corrected chi connectivity index (χ0v) is 23.5. The van der Waals surface area contributed by atoms with E-state index in [-0.39, 0.29) is 36.9 Å². The molecule has 1 saturated heterocycles. The van der Waals surface area contributed by atoms with Crippen LogP contribution in [-0.4, -0.2) is 42.8 Å². The maximum Gasteiger partial charge on any atom is 0.338 e. The molecular weight excluding hydrogens is 500 g/mol. The van der Waals surface area contributed by atoms with Gasteiger partial charge in [-0.3, -0.25) is 4.79 Å². The third-order valence-electron chi connectivity index (χ3n) is 6.77. The number of carbonyl (C=O) groups is 3. The van der Waals surface area contributed by atoms with Crippen LogP contribution in [0.4, 0.5) is 0 Å². The highest BCUT2D eigenvalue weighted by Crippen LogP contribution is 2.37. The normalized spacial score (nSPS) is 22.9. The number of rotatable bonds is 10. The lowest BCUT2D eigenvalue weighted by Gasteiger charge is -2.42. The van der Waals surface area contributed by atoms with Gasteiger partial charge in [-0.1, -0.05) is 45.6 Å². The Kier molecular flexibility index (Phi) is 9.92. The molecule has 8 heteroatoms. The molecule has 0 aromatic heterocycles. The van der Waals surface area contributed by atoms with E-state index in [4.69, 9.17) is 23.7 Å². The quantitative estimate of drug-likeness (QED) is 0.214. The van der Waals surface area contributed by atoms with Crippen molar-refractivity contribution in [3.63, 3.8) is 0 Å². The third-order valence-corrected chi connectivity index (χ3v) is 6.77. The molecule has 2 aromatic carbocycles. The van der Waals surface area contributed by atoms with Crippen LogP contribution in [0.15, 0.2) is 55.1 Å². The Hall–Kier alpha value is -3.65. The fourth-order valence-corrected chi connectivity index (χ4v) is 4.20. The summed E-state index contributed by atoms with van der Waals surface area (Å²) >= 11 is 0. The van der Waals surface area contributed by atoms with E-state index in [1.807, 2.05) is 41.5 Å². The van der Waals surface area contributed by atoms with E-state index in [2.05, 4.69) is 6.58 Å². The molecule has 2 aromatic rings. The van der Waals surface area contributed by atoms with Gasteiger partial charge in [-0.15, -0.1) is 0 Å². The maximum atomic E-state index is 12.5. The van der Waals surface area contributed by atoms with Crippen molar-refractivity contribution < 1.29 is 38.1 Å². The van der Waals surface area contributed by atoms with Crippen molar-refractivity contribution in [2.45, 2.75) is 66.1 Å². The summed E-state index contributed by atoms with van der Waals surface area (Å²) in [6.07, 6.45) is 0.661. The summed E-state index contributed by atoms with van der Waals surface area (Å²) < 4.78 is 28.6. The molecule has 1 heterocycles. The molecule has 1 aliphatic heterocycles. The molecule has 39 heavy (non-hydrogen) atoms. The third kappa shape index (κ3) is 7.93. The molecule has 0 amide bonds. The predicted molar refractivity (Wildman–Crippen MR) is 146 cm³/mol. The van der Waals surface area contributed by atoms with Gasteiger partial charge in [0.2, 0.25) is 6.29 Å². The van der Waals surface area contributed by atoms with Crippen molar-refractivity contribution in [1.82, 2.24) is 0 Å². The van der Waals surface area contributed by atoms with Crippen LogP contribution in [0.5, 0.6) is 11.5 Å². The second-order valence-electron chi connectivity index (χ2n) is 10.8. The highest BCUT2D eigenvalue weighted by Gasteiger charge is 2.44. The summed E-state index contributed by atoms with van der Waals surface area (Å²) in [5.41, 5.74) is 1.03. The predicted octanol–water partition coefficient (Wildman–Crippen LogP) is 5.77. The summed E-state index contributed by atoms with van der Waals surface area (Å²) in [7, 11) is 0. The van der Waals surface area contributed by atoms with Gasteiger partial charge in [0.25, 0.3) is 0 Å². The van der Waals surface area contributed by atoms with E-state index in [0.717, 1.165) is 5.56 Å². The Morgan fingerprint density at radius 1 is 1.00 bits per heavy atom. The second-order valence-corrected chi connectivity index (χ2v) is 10.8. The van der Waals surface area contributed by atoms with E-state index in [9.17, 15) is 14.4 Å². The first kappa shape index (κ1) is 29.9. The van der Waals surface area contributed by atoms with Crippen LogP contribution in [0.3, 0.4) is 0 Å². The first-order chi connectivity index (χ1) is 18.4. The lowest BCUT2D eigenvalue weighted by atomic mass is 9.79. The van der Waals surface area contributed by atoms with E-state index in [1.54, 1.807) is 42.5 Å². The summed E-state index contributed by atoms with van der Waals surface area (Å²) in [5.74, 6) is -0.0511. The molecule has 3 rings (SSSR count). The van der Waals surface area contributed by atoms with Crippen LogP contribution in [0.1, 0.15) is 67.8 Å². The van der Waals surface area contributed by atoms with Crippen molar-refractivity contribution in [2.75, 3.05) is 6.61 Å². The van der Waals surface area contributed by atoms with Gasteiger partial charge in [-0.2, -0.15) is 0 Å². The molecule has 2 unspecified atom stereocenters. The Morgan fingerprint density at radius 3 is 2.31 bits per heavy atom. The minimum absolute atomic E-state index is 0.0393. The van der Waals surface area contributed by atoms with E-state index < -0.39 is 24.0 Å². The molecule has 1 aliphatic rings. The Morgan fingerprint density at radius 2 is 1.69 bits per heavy atom. The highest BCUT2D eigenvalue weighted by molar-refractivity contribution is 5.89. The molecule has 1 fully saturated rings. The second kappa shape index (κ2) is 12.9. The largest absolute Gasteiger partial charge is 0.489 e. The summed E-state index contributed by atoms with van der Waals surface area (Å²) in [6, 6.07) is 11.9. The SMILES string of the molecule is C=CCOC(=O)C1O[C@@H](Oc2ccc(OCc3ccc(C(=O)OC(C)(C)C)cc3)cc2C=O)C(C)[C@@H](C)[C@H]1C. The molecule has 0 spiro atoms. The first-order valence-corrected chi connectivity index (χ1v) is 13.1. The van der Waals surface area contributed by atoms with Crippen LogP contribution in [0.2, 0.25) is 0 Å². The molecule has 0 aliphatic carbocycles. The van der Waals surface area contributed by atoms with Crippen molar-refractivity contribution >= 4 is 18.2 Å². The van der Waals surface area contributed by atoms with Gasteiger partial charge in [0.15, 0.2) is 12.4 Å². The lowest BCUT2D eigenvalue weighted by molar-refractivity contribution is -0.222. The highest BCUT2D eigenvalue weighted by atomic mass is 16.7. The number of esters is 2. The molecule has 0 bridgehead atoms. The van der Waals surface area contributed by atoms with Gasteiger partial charge >= 0.3 is 11.9 Å². The minimum Gasteiger partial charge on any atom is -0.489 e. The van der Waals surface area contributed by atoms with Crippen molar-refractivity contribution in [3.05, 3.63) is 71.8 Å². The monoisotopic (exact) mass is 538 g/mol. The van der Waals surface area contributed by atoms with Crippen molar-refractivity contribution in [1.29, 1.82) is 0 Å². The lowest BCUT2D eigenvalue weighted by Crippen LogP contribution is -2.50. The van der Waals surface area contributed by atoms with Gasteiger partial charge in [0, 0.05) is 5.92 Å². The topological polar surface area (TPSA) is 97.4 Å². The van der Waals surface area contributed by atoms with E-state index in [0.29, 0.717) is 28.9 Å². The standard InChI is InChI=1S/C31H38O8/c1-8-15-35-29(34)27-20(3)19(2)21(4)30(38-27)37-26-14-13-25(16-24(26)17-32)36-18-22-9-11-23(12-10-22)28(33)39-31(5,6)7/h8-14,16-17,19-21,27,30H,1,15,18H2,2-7H3/t19-,20+,21?,27?,30+/m0/s1. The van der Waals surface area contributed by atoms with Gasteiger partial charge in [0.05, 0.1) is 11.1 Å². The van der Waals surface area contributed by atoms with Crippen LogP contribution in [-0.2, 0) is 25.6 Å². The fourth-order valence-electron chi connectivity index (χ4n) is 4.20.